The Hall–Kier alpha value is -2.36. The van der Waals surface area contributed by atoms with Crippen molar-refractivity contribution in [3.63, 3.8) is 0 Å². The molecule has 0 saturated carbocycles. The number of halogens is 2. The molecular formula is C21H23F2NO. The monoisotopic (exact) mass is 343 g/mol. The third kappa shape index (κ3) is 4.59. The molecule has 0 saturated heterocycles. The average molecular weight is 343 g/mol. The number of nitrogens with zero attached hydrogens (tertiary/aromatic N) is 1. The van der Waals surface area contributed by atoms with Gasteiger partial charge in [-0.3, -0.25) is 9.78 Å². The van der Waals surface area contributed by atoms with Crippen molar-refractivity contribution in [2.24, 2.45) is 5.92 Å². The van der Waals surface area contributed by atoms with Gasteiger partial charge in [-0.2, -0.15) is 0 Å². The average Bonchev–Trinajstić information content (AvgIpc) is 2.53. The van der Waals surface area contributed by atoms with Crippen LogP contribution in [0.25, 0.3) is 5.57 Å². The van der Waals surface area contributed by atoms with Crippen molar-refractivity contribution < 1.29 is 13.6 Å². The van der Waals surface area contributed by atoms with Gasteiger partial charge in [0.1, 0.15) is 0 Å². The van der Waals surface area contributed by atoms with Crippen LogP contribution in [0.2, 0.25) is 0 Å². The van der Waals surface area contributed by atoms with Gasteiger partial charge in [0.05, 0.1) is 5.69 Å². The van der Waals surface area contributed by atoms with E-state index in [1.54, 1.807) is 6.92 Å². The zero-order valence-corrected chi connectivity index (χ0v) is 15.1. The third-order valence-electron chi connectivity index (χ3n) is 4.39. The van der Waals surface area contributed by atoms with Gasteiger partial charge in [0, 0.05) is 24.2 Å². The summed E-state index contributed by atoms with van der Waals surface area (Å²) in [5, 5.41) is 0. The number of aromatic nitrogens is 1. The predicted molar refractivity (Wildman–Crippen MR) is 96.9 cm³/mol. The van der Waals surface area contributed by atoms with Gasteiger partial charge in [0.15, 0.2) is 5.78 Å². The van der Waals surface area contributed by atoms with E-state index in [1.807, 2.05) is 31.2 Å². The quantitative estimate of drug-likeness (QED) is 0.639. The van der Waals surface area contributed by atoms with Crippen LogP contribution in [0.4, 0.5) is 8.78 Å². The Morgan fingerprint density at radius 3 is 2.36 bits per heavy atom. The van der Waals surface area contributed by atoms with Crippen LogP contribution in [-0.2, 0) is 12.3 Å². The number of pyridine rings is 1. The number of aryl methyl sites for hydroxylation is 1. The maximum atomic E-state index is 13.4. The van der Waals surface area contributed by atoms with Gasteiger partial charge in [0.2, 0.25) is 0 Å². The Morgan fingerprint density at radius 2 is 1.88 bits per heavy atom. The summed E-state index contributed by atoms with van der Waals surface area (Å²) >= 11 is 0. The Morgan fingerprint density at radius 1 is 1.28 bits per heavy atom. The molecule has 0 radical (unpaired) electrons. The highest BCUT2D eigenvalue weighted by molar-refractivity contribution is 5.94. The molecule has 2 aromatic rings. The number of hydrogen-bond donors (Lipinski definition) is 0. The van der Waals surface area contributed by atoms with E-state index in [0.717, 1.165) is 24.5 Å². The van der Waals surface area contributed by atoms with Crippen LogP contribution in [-0.4, -0.2) is 10.8 Å². The first-order chi connectivity index (χ1) is 11.6. The highest BCUT2D eigenvalue weighted by Gasteiger charge is 2.25. The van der Waals surface area contributed by atoms with Crippen molar-refractivity contribution in [1.29, 1.82) is 0 Å². The molecule has 132 valence electrons. The molecule has 0 amide bonds. The Bertz CT molecular complexity index is 789. The van der Waals surface area contributed by atoms with Crippen LogP contribution >= 0.6 is 0 Å². The summed E-state index contributed by atoms with van der Waals surface area (Å²) in [6.07, 6.45) is 1.96. The molecule has 0 N–H and O–H groups in total. The third-order valence-corrected chi connectivity index (χ3v) is 4.39. The van der Waals surface area contributed by atoms with E-state index in [2.05, 4.69) is 11.6 Å². The lowest BCUT2D eigenvalue weighted by Crippen LogP contribution is -2.11. The highest BCUT2D eigenvalue weighted by Crippen LogP contribution is 2.31. The van der Waals surface area contributed by atoms with Crippen molar-refractivity contribution >= 4 is 11.4 Å². The van der Waals surface area contributed by atoms with Crippen molar-refractivity contribution in [2.75, 3.05) is 0 Å². The molecule has 0 fully saturated rings. The SMILES string of the molecule is C=C(c1ncc(C(C)(F)F)cc1C)C(C)Cc1ccc(C(C)=O)cc1. The lowest BCUT2D eigenvalue weighted by atomic mass is 9.90. The molecular weight excluding hydrogens is 320 g/mol. The molecule has 0 aliphatic rings. The van der Waals surface area contributed by atoms with Crippen molar-refractivity contribution in [1.82, 2.24) is 4.98 Å². The molecule has 0 bridgehead atoms. The summed E-state index contributed by atoms with van der Waals surface area (Å²) in [6, 6.07) is 8.97. The van der Waals surface area contributed by atoms with Gasteiger partial charge in [0.25, 0.3) is 5.92 Å². The second kappa shape index (κ2) is 7.26. The Labute approximate surface area is 147 Å². The number of Topliss-reactive ketones (excluding diaryl/α,β-unsaturated/α-hetero) is 1. The topological polar surface area (TPSA) is 30.0 Å². The van der Waals surface area contributed by atoms with Crippen LogP contribution < -0.4 is 0 Å². The minimum atomic E-state index is -2.90. The molecule has 1 aromatic carbocycles. The summed E-state index contributed by atoms with van der Waals surface area (Å²) in [5.74, 6) is -2.76. The number of allylic oxidation sites excluding steroid dienone is 1. The zero-order valence-electron chi connectivity index (χ0n) is 15.1. The maximum absolute atomic E-state index is 13.4. The van der Waals surface area contributed by atoms with E-state index in [4.69, 9.17) is 0 Å². The molecule has 0 spiro atoms. The van der Waals surface area contributed by atoms with Crippen LogP contribution in [0, 0.1) is 12.8 Å². The molecule has 1 heterocycles. The summed E-state index contributed by atoms with van der Waals surface area (Å²) in [6.45, 7) is 10.3. The zero-order chi connectivity index (χ0) is 18.8. The van der Waals surface area contributed by atoms with E-state index in [1.165, 1.54) is 19.2 Å². The number of benzene rings is 1. The lowest BCUT2D eigenvalue weighted by molar-refractivity contribution is 0.0170. The van der Waals surface area contributed by atoms with E-state index in [-0.39, 0.29) is 17.3 Å². The normalized spacial score (nSPS) is 12.7. The molecule has 25 heavy (non-hydrogen) atoms. The molecule has 4 heteroatoms. The maximum Gasteiger partial charge on any atom is 0.272 e. The first kappa shape index (κ1) is 19.0. The number of carbonyl (C=O) groups is 1. The number of rotatable bonds is 6. The van der Waals surface area contributed by atoms with Gasteiger partial charge in [-0.25, -0.2) is 8.78 Å². The summed E-state index contributed by atoms with van der Waals surface area (Å²) in [5.41, 5.74) is 3.87. The fraction of sp³-hybridized carbons (Fsp3) is 0.333. The fourth-order valence-corrected chi connectivity index (χ4v) is 2.74. The second-order valence-electron chi connectivity index (χ2n) is 6.66. The smallest absolute Gasteiger partial charge is 0.272 e. The summed E-state index contributed by atoms with van der Waals surface area (Å²) < 4.78 is 26.8. The first-order valence-electron chi connectivity index (χ1n) is 8.23. The van der Waals surface area contributed by atoms with Gasteiger partial charge in [-0.1, -0.05) is 37.8 Å². The Kier molecular flexibility index (Phi) is 5.51. The summed E-state index contributed by atoms with van der Waals surface area (Å²) in [4.78, 5) is 15.6. The minimum absolute atomic E-state index is 0.0386. The predicted octanol–water partition coefficient (Wildman–Crippen LogP) is 5.60. The van der Waals surface area contributed by atoms with Gasteiger partial charge in [-0.05, 0) is 49.0 Å². The van der Waals surface area contributed by atoms with Gasteiger partial charge >= 0.3 is 0 Å². The van der Waals surface area contributed by atoms with Crippen LogP contribution in [0.1, 0.15) is 53.5 Å². The van der Waals surface area contributed by atoms with Crippen LogP contribution in [0.5, 0.6) is 0 Å². The molecule has 1 atom stereocenters. The van der Waals surface area contributed by atoms with E-state index in [9.17, 15) is 13.6 Å². The van der Waals surface area contributed by atoms with E-state index < -0.39 is 5.92 Å². The van der Waals surface area contributed by atoms with Crippen LogP contribution in [0.15, 0.2) is 43.1 Å². The summed E-state index contributed by atoms with van der Waals surface area (Å²) in [7, 11) is 0. The molecule has 0 aliphatic heterocycles. The second-order valence-corrected chi connectivity index (χ2v) is 6.66. The number of carbonyl (C=O) groups excluding carboxylic acids is 1. The number of hydrogen-bond acceptors (Lipinski definition) is 2. The van der Waals surface area contributed by atoms with E-state index >= 15 is 0 Å². The van der Waals surface area contributed by atoms with Crippen molar-refractivity contribution in [3.05, 3.63) is 71.1 Å². The van der Waals surface area contributed by atoms with Crippen LogP contribution in [0.3, 0.4) is 0 Å². The number of alkyl halides is 2. The molecule has 0 aliphatic carbocycles. The molecule has 2 rings (SSSR count). The molecule has 1 aromatic heterocycles. The van der Waals surface area contributed by atoms with Gasteiger partial charge in [-0.15, -0.1) is 0 Å². The molecule has 1 unspecified atom stereocenters. The Balaban J connectivity index is 2.15. The van der Waals surface area contributed by atoms with Crippen molar-refractivity contribution in [2.45, 2.75) is 40.0 Å². The van der Waals surface area contributed by atoms with Crippen molar-refractivity contribution in [3.8, 4) is 0 Å². The van der Waals surface area contributed by atoms with E-state index in [0.29, 0.717) is 16.8 Å². The minimum Gasteiger partial charge on any atom is -0.295 e. The number of ketones is 1. The lowest BCUT2D eigenvalue weighted by Gasteiger charge is -2.18. The standard InChI is InChI=1S/C21H23F2NO/c1-13(10-17-6-8-18(9-7-17)16(4)25)15(3)20-14(2)11-19(12-24-20)21(5,22)23/h6-9,11-13H,3,10H2,1-2,4-5H3. The first-order valence-corrected chi connectivity index (χ1v) is 8.23. The largest absolute Gasteiger partial charge is 0.295 e. The fourth-order valence-electron chi connectivity index (χ4n) is 2.74. The molecule has 2 nitrogen and oxygen atoms in total. The van der Waals surface area contributed by atoms with Gasteiger partial charge < -0.3 is 0 Å². The highest BCUT2D eigenvalue weighted by atomic mass is 19.3.